The zero-order chi connectivity index (χ0) is 28.6. The quantitative estimate of drug-likeness (QED) is 0.305. The fourth-order valence-corrected chi connectivity index (χ4v) is 1.69. The maximum atomic E-state index is 13.3. The van der Waals surface area contributed by atoms with E-state index in [9.17, 15) is 97.0 Å². The summed E-state index contributed by atoms with van der Waals surface area (Å²) >= 11 is 0. The van der Waals surface area contributed by atoms with Crippen LogP contribution in [0.15, 0.2) is 0 Å². The van der Waals surface area contributed by atoms with Gasteiger partial charge in [0, 0.05) is 0 Å². The minimum atomic E-state index is -9.28. The molecule has 3 nitrogen and oxygen atoms in total. The van der Waals surface area contributed by atoms with Crippen molar-refractivity contribution in [2.24, 2.45) is 0 Å². The molecule has 0 radical (unpaired) electrons. The van der Waals surface area contributed by atoms with Crippen LogP contribution in [0.1, 0.15) is 0 Å². The number of halogens is 21. The summed E-state index contributed by atoms with van der Waals surface area (Å²) in [5, 5.41) is 7.62. The fourth-order valence-electron chi connectivity index (χ4n) is 1.69. The Morgan fingerprint density at radius 3 is 0.714 bits per heavy atom. The summed E-state index contributed by atoms with van der Waals surface area (Å²) in [4.78, 5) is 9.83. The van der Waals surface area contributed by atoms with Crippen LogP contribution in [0.5, 0.6) is 0 Å². The number of carboxylic acids is 1. The molecule has 0 rings (SSSR count). The number of carboxylic acid groups (broad SMARTS) is 1. The molecule has 0 saturated heterocycles. The molecule has 24 heteroatoms. The van der Waals surface area contributed by atoms with Gasteiger partial charge in [0.15, 0.2) is 0 Å². The Labute approximate surface area is 175 Å². The van der Waals surface area contributed by atoms with Crippen molar-refractivity contribution in [3.8, 4) is 0 Å². The zero-order valence-electron chi connectivity index (χ0n) is 15.0. The minimum Gasteiger partial charge on any atom is -0.477 e. The molecule has 0 bridgehead atoms. The molecule has 0 amide bonds. The highest BCUT2D eigenvalue weighted by atomic mass is 19.4. The highest BCUT2D eigenvalue weighted by Crippen LogP contribution is 2.66. The van der Waals surface area contributed by atoms with Crippen LogP contribution in [0.3, 0.4) is 0 Å². The number of alkyl halides is 21. The highest BCUT2D eigenvalue weighted by molar-refractivity contribution is 5.77. The molecule has 212 valence electrons. The maximum Gasteiger partial charge on any atom is 0.460 e. The van der Waals surface area contributed by atoms with Gasteiger partial charge in [-0.15, -0.1) is 0 Å². The molecule has 0 spiro atoms. The van der Waals surface area contributed by atoms with Gasteiger partial charge in [0.25, 0.3) is 0 Å². The summed E-state index contributed by atoms with van der Waals surface area (Å²) in [6, 6.07) is 0. The SMILES string of the molecule is N.O=C(O)C(F)(F)C(F)(F)C(F)(F)C(F)(F)C(F)(F)C(F)(F)C(F)(F)C(F)(F)C(F)(F)C(F)(F)F. The summed E-state index contributed by atoms with van der Waals surface area (Å²) in [6.45, 7) is 0. The first-order valence-electron chi connectivity index (χ1n) is 6.90. The number of carbonyl (C=O) groups is 1. The third-order valence-corrected chi connectivity index (χ3v) is 3.78. The van der Waals surface area contributed by atoms with Gasteiger partial charge in [-0.25, -0.2) is 4.79 Å². The molecular formula is C11H4F21NO2. The molecule has 0 aromatic heterocycles. The van der Waals surface area contributed by atoms with Crippen molar-refractivity contribution in [3.63, 3.8) is 0 Å². The Morgan fingerprint density at radius 1 is 0.371 bits per heavy atom. The van der Waals surface area contributed by atoms with E-state index in [1.807, 2.05) is 0 Å². The number of rotatable bonds is 9. The van der Waals surface area contributed by atoms with Crippen LogP contribution in [0.4, 0.5) is 92.2 Å². The van der Waals surface area contributed by atoms with E-state index in [1.165, 1.54) is 0 Å². The molecule has 35 heavy (non-hydrogen) atoms. The third kappa shape index (κ3) is 3.97. The minimum absolute atomic E-state index is 0. The number of hydrogen-bond acceptors (Lipinski definition) is 2. The molecule has 0 aliphatic rings. The van der Waals surface area contributed by atoms with Crippen molar-refractivity contribution >= 4 is 5.97 Å². The van der Waals surface area contributed by atoms with E-state index in [0.29, 0.717) is 0 Å². The molecule has 0 aliphatic carbocycles. The van der Waals surface area contributed by atoms with Crippen LogP contribution in [-0.4, -0.2) is 70.6 Å². The largest absolute Gasteiger partial charge is 0.477 e. The monoisotopic (exact) mass is 581 g/mol. The van der Waals surface area contributed by atoms with Gasteiger partial charge in [-0.3, -0.25) is 0 Å². The molecule has 0 saturated carbocycles. The second-order valence-electron chi connectivity index (χ2n) is 5.97. The molecule has 0 unspecified atom stereocenters. The molecule has 0 aromatic rings. The van der Waals surface area contributed by atoms with Crippen LogP contribution < -0.4 is 6.15 Å². The fraction of sp³-hybridized carbons (Fsp3) is 0.909. The van der Waals surface area contributed by atoms with E-state index >= 15 is 0 Å². The summed E-state index contributed by atoms with van der Waals surface area (Å²) in [7, 11) is 0. The van der Waals surface area contributed by atoms with Gasteiger partial charge in [-0.05, 0) is 0 Å². The lowest BCUT2D eigenvalue weighted by Crippen LogP contribution is -2.77. The molecule has 0 heterocycles. The summed E-state index contributed by atoms with van der Waals surface area (Å²) < 4.78 is 270. The van der Waals surface area contributed by atoms with E-state index < -0.39 is 65.4 Å². The second-order valence-corrected chi connectivity index (χ2v) is 5.97. The average molecular weight is 581 g/mol. The van der Waals surface area contributed by atoms with Gasteiger partial charge in [-0.1, -0.05) is 0 Å². The topological polar surface area (TPSA) is 72.3 Å². The summed E-state index contributed by atoms with van der Waals surface area (Å²) in [5.41, 5.74) is 0. The lowest BCUT2D eigenvalue weighted by molar-refractivity contribution is -0.473. The predicted octanol–water partition coefficient (Wildman–Crippen LogP) is 6.51. The van der Waals surface area contributed by atoms with Crippen LogP contribution in [-0.2, 0) is 4.79 Å². The first-order valence-corrected chi connectivity index (χ1v) is 6.90. The lowest BCUT2D eigenvalue weighted by Gasteiger charge is -2.44. The maximum absolute atomic E-state index is 13.3. The molecule has 0 fully saturated rings. The van der Waals surface area contributed by atoms with E-state index in [-0.39, 0.29) is 6.15 Å². The van der Waals surface area contributed by atoms with Gasteiger partial charge in [0.2, 0.25) is 0 Å². The van der Waals surface area contributed by atoms with E-state index in [2.05, 4.69) is 0 Å². The summed E-state index contributed by atoms with van der Waals surface area (Å²) in [6.07, 6.45) is -8.05. The normalized spacial score (nSPS) is 16.1. The lowest BCUT2D eigenvalue weighted by atomic mass is 9.86. The Morgan fingerprint density at radius 2 is 0.543 bits per heavy atom. The van der Waals surface area contributed by atoms with Crippen LogP contribution in [0, 0.1) is 0 Å². The first kappa shape index (κ1) is 35.1. The van der Waals surface area contributed by atoms with E-state index in [0.717, 1.165) is 0 Å². The van der Waals surface area contributed by atoms with Crippen molar-refractivity contribution in [1.29, 1.82) is 0 Å². The number of aliphatic carboxylic acids is 1. The van der Waals surface area contributed by atoms with Crippen molar-refractivity contribution in [1.82, 2.24) is 6.15 Å². The van der Waals surface area contributed by atoms with Gasteiger partial charge < -0.3 is 11.3 Å². The molecule has 0 aromatic carbocycles. The Bertz CT molecular complexity index is 796. The van der Waals surface area contributed by atoms with E-state index in [4.69, 9.17) is 5.11 Å². The highest BCUT2D eigenvalue weighted by Gasteiger charge is 2.98. The van der Waals surface area contributed by atoms with Crippen molar-refractivity contribution in [3.05, 3.63) is 0 Å². The second kappa shape index (κ2) is 8.24. The molecule has 0 atom stereocenters. The summed E-state index contributed by atoms with van der Waals surface area (Å²) in [5.74, 6) is -83.8. The Kier molecular flexibility index (Phi) is 8.27. The van der Waals surface area contributed by atoms with Gasteiger partial charge in [-0.2, -0.15) is 92.2 Å². The molecule has 4 N–H and O–H groups in total. The van der Waals surface area contributed by atoms with Crippen molar-refractivity contribution in [2.45, 2.75) is 59.5 Å². The Balaban J connectivity index is 0. The van der Waals surface area contributed by atoms with Crippen LogP contribution in [0.25, 0.3) is 0 Å². The smallest absolute Gasteiger partial charge is 0.460 e. The predicted molar refractivity (Wildman–Crippen MR) is 63.2 cm³/mol. The third-order valence-electron chi connectivity index (χ3n) is 3.78. The first-order chi connectivity index (χ1) is 14.2. The van der Waals surface area contributed by atoms with Crippen LogP contribution in [0.2, 0.25) is 0 Å². The Hall–Kier alpha value is -2.04. The van der Waals surface area contributed by atoms with Crippen molar-refractivity contribution in [2.75, 3.05) is 0 Å². The van der Waals surface area contributed by atoms with Gasteiger partial charge >= 0.3 is 65.4 Å². The van der Waals surface area contributed by atoms with Crippen molar-refractivity contribution < 1.29 is 102 Å². The molecule has 0 aliphatic heterocycles. The number of hydrogen-bond donors (Lipinski definition) is 2. The zero-order valence-corrected chi connectivity index (χ0v) is 15.0. The van der Waals surface area contributed by atoms with Crippen LogP contribution >= 0.6 is 0 Å². The average Bonchev–Trinajstić information content (AvgIpc) is 2.58. The molecular weight excluding hydrogens is 577 g/mol. The van der Waals surface area contributed by atoms with Gasteiger partial charge in [0.1, 0.15) is 0 Å². The standard InChI is InChI=1S/C11HF21O2.H3N/c12-2(13,1(33)34)3(14,15)4(16,17)5(18,19)6(20,21)7(22,23)8(24,25)9(26,27)10(28,29)11(30,31)32;/h(H,33,34);1H3. The van der Waals surface area contributed by atoms with Gasteiger partial charge in [0.05, 0.1) is 0 Å². The van der Waals surface area contributed by atoms with E-state index in [1.54, 1.807) is 0 Å².